The Kier molecular flexibility index (Phi) is 3.75. The van der Waals surface area contributed by atoms with Crippen LogP contribution in [0.4, 0.5) is 0 Å². The molecule has 1 aromatic carbocycles. The lowest BCUT2D eigenvalue weighted by molar-refractivity contribution is -0.116. The van der Waals surface area contributed by atoms with E-state index in [1.165, 1.54) is 12.3 Å². The van der Waals surface area contributed by atoms with Crippen LogP contribution in [-0.2, 0) is 4.79 Å². The number of carboxylic acid groups (broad SMARTS) is 1. The van der Waals surface area contributed by atoms with Crippen molar-refractivity contribution in [3.05, 3.63) is 47.7 Å². The van der Waals surface area contributed by atoms with E-state index in [9.17, 15) is 9.59 Å². The summed E-state index contributed by atoms with van der Waals surface area (Å²) in [5.41, 5.74) is 0.455. The summed E-state index contributed by atoms with van der Waals surface area (Å²) in [5, 5.41) is 25.6. The maximum absolute atomic E-state index is 11.2. The van der Waals surface area contributed by atoms with E-state index in [2.05, 4.69) is 32.3 Å². The van der Waals surface area contributed by atoms with Crippen molar-refractivity contribution < 1.29 is 14.7 Å². The molecule has 100 valence electrons. The van der Waals surface area contributed by atoms with Gasteiger partial charge < -0.3 is 5.11 Å². The lowest BCUT2D eigenvalue weighted by Crippen LogP contribution is -2.32. The molecule has 0 aliphatic carbocycles. The molecule has 0 radical (unpaired) electrons. The number of carboxylic acids is 1. The number of carbonyl (C=O) groups is 2. The van der Waals surface area contributed by atoms with E-state index in [0.29, 0.717) is 5.56 Å². The molecule has 8 heteroatoms. The highest BCUT2D eigenvalue weighted by atomic mass is 16.4. The van der Waals surface area contributed by atoms with Crippen molar-refractivity contribution >= 4 is 24.1 Å². The van der Waals surface area contributed by atoms with Crippen molar-refractivity contribution in [2.45, 2.75) is 0 Å². The topological polar surface area (TPSA) is 116 Å². The fourth-order valence-corrected chi connectivity index (χ4v) is 1.35. The molecule has 0 fully saturated rings. The molecule has 8 nitrogen and oxygen atoms in total. The predicted molar refractivity (Wildman–Crippen MR) is 70.6 cm³/mol. The average Bonchev–Trinajstić information content (AvgIpc) is 2.43. The molecule has 1 amide bonds. The third kappa shape index (κ3) is 2.99. The predicted octanol–water partition coefficient (Wildman–Crippen LogP) is 1.17. The summed E-state index contributed by atoms with van der Waals surface area (Å²) in [5.74, 6) is -1.67. The van der Waals surface area contributed by atoms with Gasteiger partial charge in [-0.1, -0.05) is 24.8 Å². The van der Waals surface area contributed by atoms with Crippen LogP contribution in [0.15, 0.2) is 57.0 Å². The summed E-state index contributed by atoms with van der Waals surface area (Å²) in [6.45, 7) is 3.36. The zero-order valence-electron chi connectivity index (χ0n) is 10.1. The Hall–Kier alpha value is -3.16. The maximum Gasteiger partial charge on any atom is 0.336 e. The number of azo groups is 1. The first-order valence-electron chi connectivity index (χ1n) is 5.43. The summed E-state index contributed by atoms with van der Waals surface area (Å²) < 4.78 is 0. The largest absolute Gasteiger partial charge is 0.478 e. The first kappa shape index (κ1) is 13.3. The van der Waals surface area contributed by atoms with Crippen LogP contribution in [0, 0.1) is 0 Å². The minimum Gasteiger partial charge on any atom is -0.478 e. The summed E-state index contributed by atoms with van der Waals surface area (Å²) in [6.07, 6.45) is 1.25. The molecule has 0 atom stereocenters. The second kappa shape index (κ2) is 5.65. The molecule has 1 aliphatic rings. The number of amides is 1. The highest BCUT2D eigenvalue weighted by Gasteiger charge is 2.14. The third-order valence-corrected chi connectivity index (χ3v) is 2.29. The molecule has 1 aromatic rings. The number of nitrogens with zero attached hydrogens (tertiary/aromatic N) is 4. The van der Waals surface area contributed by atoms with Crippen LogP contribution in [0.5, 0.6) is 0 Å². The molecule has 1 heterocycles. The van der Waals surface area contributed by atoms with E-state index in [1.807, 2.05) is 0 Å². The molecule has 0 spiro atoms. The Labute approximate surface area is 113 Å². The highest BCUT2D eigenvalue weighted by Crippen LogP contribution is 2.06. The van der Waals surface area contributed by atoms with Gasteiger partial charge in [0.2, 0.25) is 0 Å². The number of hydrogen-bond acceptors (Lipinski definition) is 5. The zero-order chi connectivity index (χ0) is 14.5. The fourth-order valence-electron chi connectivity index (χ4n) is 1.35. The number of aromatic carboxylic acids is 1. The van der Waals surface area contributed by atoms with Crippen molar-refractivity contribution in [3.8, 4) is 0 Å². The molecular weight excluding hydrogens is 262 g/mol. The van der Waals surface area contributed by atoms with Crippen molar-refractivity contribution in [3.63, 3.8) is 0 Å². The molecule has 0 bridgehead atoms. The van der Waals surface area contributed by atoms with Gasteiger partial charge in [0.15, 0.2) is 0 Å². The van der Waals surface area contributed by atoms with E-state index >= 15 is 0 Å². The second-order valence-corrected chi connectivity index (χ2v) is 3.66. The van der Waals surface area contributed by atoms with Crippen LogP contribution in [0.25, 0.3) is 0 Å². The molecule has 2 N–H and O–H groups in total. The minimum absolute atomic E-state index is 0.0239. The van der Waals surface area contributed by atoms with Crippen molar-refractivity contribution in [2.75, 3.05) is 0 Å². The molecular formula is C12H9N5O3. The summed E-state index contributed by atoms with van der Waals surface area (Å²) in [7, 11) is 0. The van der Waals surface area contributed by atoms with Crippen molar-refractivity contribution in [1.29, 1.82) is 0 Å². The molecule has 0 unspecified atom stereocenters. The normalized spacial score (nSPS) is 16.7. The van der Waals surface area contributed by atoms with Crippen molar-refractivity contribution in [1.82, 2.24) is 5.32 Å². The van der Waals surface area contributed by atoms with Gasteiger partial charge in [0, 0.05) is 5.56 Å². The van der Waals surface area contributed by atoms with Gasteiger partial charge in [-0.15, -0.1) is 15.3 Å². The SMILES string of the molecule is C=C1N=N/C(=N/N=C/c2ccccc2C(=O)O)NC1=O. The minimum atomic E-state index is -1.07. The van der Waals surface area contributed by atoms with Gasteiger partial charge in [0.1, 0.15) is 5.70 Å². The van der Waals surface area contributed by atoms with Crippen LogP contribution < -0.4 is 5.32 Å². The van der Waals surface area contributed by atoms with Crippen LogP contribution in [0.2, 0.25) is 0 Å². The Morgan fingerprint density at radius 3 is 2.80 bits per heavy atom. The van der Waals surface area contributed by atoms with E-state index in [-0.39, 0.29) is 17.2 Å². The van der Waals surface area contributed by atoms with Crippen LogP contribution in [-0.4, -0.2) is 29.2 Å². The zero-order valence-corrected chi connectivity index (χ0v) is 10.1. The van der Waals surface area contributed by atoms with E-state index in [1.54, 1.807) is 18.2 Å². The molecule has 0 aromatic heterocycles. The highest BCUT2D eigenvalue weighted by molar-refractivity contribution is 6.07. The Balaban J connectivity index is 2.19. The van der Waals surface area contributed by atoms with Gasteiger partial charge in [-0.2, -0.15) is 5.10 Å². The molecule has 0 saturated heterocycles. The van der Waals surface area contributed by atoms with E-state index in [4.69, 9.17) is 5.11 Å². The van der Waals surface area contributed by atoms with Gasteiger partial charge in [-0.3, -0.25) is 10.1 Å². The quantitative estimate of drug-likeness (QED) is 0.488. The average molecular weight is 271 g/mol. The molecule has 2 rings (SSSR count). The van der Waals surface area contributed by atoms with Crippen LogP contribution in [0.3, 0.4) is 0 Å². The second-order valence-electron chi connectivity index (χ2n) is 3.66. The number of hydrogen-bond donors (Lipinski definition) is 2. The van der Waals surface area contributed by atoms with Crippen molar-refractivity contribution in [2.24, 2.45) is 20.4 Å². The van der Waals surface area contributed by atoms with Gasteiger partial charge in [0.25, 0.3) is 11.9 Å². The number of carbonyl (C=O) groups excluding carboxylic acids is 1. The fraction of sp³-hybridized carbons (Fsp3) is 0. The lowest BCUT2D eigenvalue weighted by atomic mass is 10.1. The molecule has 1 aliphatic heterocycles. The first-order chi connectivity index (χ1) is 9.58. The van der Waals surface area contributed by atoms with E-state index < -0.39 is 11.9 Å². The van der Waals surface area contributed by atoms with Gasteiger partial charge >= 0.3 is 5.97 Å². The smallest absolute Gasteiger partial charge is 0.336 e. The monoisotopic (exact) mass is 271 g/mol. The molecule has 0 saturated carbocycles. The van der Waals surface area contributed by atoms with Gasteiger partial charge in [-0.05, 0) is 6.07 Å². The first-order valence-corrected chi connectivity index (χ1v) is 5.43. The van der Waals surface area contributed by atoms with Gasteiger partial charge in [0.05, 0.1) is 11.8 Å². The Morgan fingerprint density at radius 1 is 1.35 bits per heavy atom. The number of rotatable bonds is 3. The lowest BCUT2D eigenvalue weighted by Gasteiger charge is -2.05. The summed E-state index contributed by atoms with van der Waals surface area (Å²) >= 11 is 0. The van der Waals surface area contributed by atoms with Gasteiger partial charge in [-0.25, -0.2) is 4.79 Å². The Bertz CT molecular complexity index is 675. The number of guanidine groups is 1. The summed E-state index contributed by atoms with van der Waals surface area (Å²) in [6, 6.07) is 6.31. The Morgan fingerprint density at radius 2 is 2.10 bits per heavy atom. The van der Waals surface area contributed by atoms with Crippen LogP contribution in [0.1, 0.15) is 15.9 Å². The maximum atomic E-state index is 11.2. The third-order valence-electron chi connectivity index (χ3n) is 2.29. The summed E-state index contributed by atoms with van der Waals surface area (Å²) in [4.78, 5) is 22.2. The molecule has 20 heavy (non-hydrogen) atoms. The number of benzene rings is 1. The standard InChI is InChI=1S/C12H9N5O3/c1-7-10(18)14-12(17-15-7)16-13-6-8-4-2-3-5-9(8)11(19)20/h2-6H,1H2,(H,19,20)(H,14,16,18)/b13-6+. The van der Waals surface area contributed by atoms with Crippen LogP contribution >= 0.6 is 0 Å². The van der Waals surface area contributed by atoms with E-state index in [0.717, 1.165) is 0 Å². The number of nitrogens with one attached hydrogen (secondary N) is 1.